The van der Waals surface area contributed by atoms with Gasteiger partial charge < -0.3 is 5.73 Å². The molecule has 2 N–H and O–H groups in total. The zero-order valence-corrected chi connectivity index (χ0v) is 12.6. The lowest BCUT2D eigenvalue weighted by Gasteiger charge is -2.23. The van der Waals surface area contributed by atoms with Gasteiger partial charge in [-0.15, -0.1) is 0 Å². The van der Waals surface area contributed by atoms with E-state index in [-0.39, 0.29) is 5.82 Å². The molecule has 0 aliphatic rings. The highest BCUT2D eigenvalue weighted by molar-refractivity contribution is 5.28. The van der Waals surface area contributed by atoms with E-state index >= 15 is 0 Å². The van der Waals surface area contributed by atoms with Crippen molar-refractivity contribution >= 4 is 0 Å². The fourth-order valence-corrected chi connectivity index (χ4v) is 2.55. The summed E-state index contributed by atoms with van der Waals surface area (Å²) in [6, 6.07) is 15.2. The van der Waals surface area contributed by atoms with Gasteiger partial charge in [0.25, 0.3) is 0 Å². The molecule has 3 heteroatoms. The minimum Gasteiger partial charge on any atom is -0.326 e. The second kappa shape index (κ2) is 7.91. The predicted molar refractivity (Wildman–Crippen MR) is 85.1 cm³/mol. The smallest absolute Gasteiger partial charge is 0.123 e. The molecule has 0 saturated carbocycles. The molecule has 0 unspecified atom stereocenters. The van der Waals surface area contributed by atoms with Crippen molar-refractivity contribution in [3.05, 3.63) is 71.0 Å². The summed E-state index contributed by atoms with van der Waals surface area (Å²) in [4.78, 5) is 2.34. The fourth-order valence-electron chi connectivity index (χ4n) is 2.55. The van der Waals surface area contributed by atoms with E-state index in [4.69, 9.17) is 5.73 Å². The van der Waals surface area contributed by atoms with Crippen LogP contribution in [0.15, 0.2) is 48.5 Å². The molecule has 21 heavy (non-hydrogen) atoms. The van der Waals surface area contributed by atoms with Crippen LogP contribution in [-0.2, 0) is 19.6 Å². The summed E-state index contributed by atoms with van der Waals surface area (Å²) in [5.41, 5.74) is 9.04. The lowest BCUT2D eigenvalue weighted by atomic mass is 10.1. The van der Waals surface area contributed by atoms with E-state index < -0.39 is 0 Å². The molecule has 0 saturated heterocycles. The second-order valence-corrected chi connectivity index (χ2v) is 5.31. The summed E-state index contributed by atoms with van der Waals surface area (Å²) in [5, 5.41) is 0. The van der Waals surface area contributed by atoms with Crippen molar-refractivity contribution in [1.82, 2.24) is 4.90 Å². The van der Waals surface area contributed by atoms with Gasteiger partial charge in [0.2, 0.25) is 0 Å². The quantitative estimate of drug-likeness (QED) is 0.841. The summed E-state index contributed by atoms with van der Waals surface area (Å²) in [5.74, 6) is -0.196. The van der Waals surface area contributed by atoms with E-state index in [2.05, 4.69) is 24.0 Å². The summed E-state index contributed by atoms with van der Waals surface area (Å²) in [6.07, 6.45) is 1.07. The van der Waals surface area contributed by atoms with Gasteiger partial charge in [0.15, 0.2) is 0 Å². The summed E-state index contributed by atoms with van der Waals surface area (Å²) >= 11 is 0. The molecule has 2 rings (SSSR count). The van der Waals surface area contributed by atoms with Crippen molar-refractivity contribution in [3.63, 3.8) is 0 Å². The van der Waals surface area contributed by atoms with Crippen LogP contribution in [0.2, 0.25) is 0 Å². The van der Waals surface area contributed by atoms with Gasteiger partial charge in [-0.1, -0.05) is 43.3 Å². The van der Waals surface area contributed by atoms with E-state index in [9.17, 15) is 4.39 Å². The Bertz CT molecular complexity index is 554. The van der Waals surface area contributed by atoms with Crippen LogP contribution in [0, 0.1) is 5.82 Å². The maximum Gasteiger partial charge on any atom is 0.123 e. The summed E-state index contributed by atoms with van der Waals surface area (Å²) in [6.45, 7) is 5.19. The minimum absolute atomic E-state index is 0.196. The van der Waals surface area contributed by atoms with Crippen LogP contribution < -0.4 is 5.73 Å². The Kier molecular flexibility index (Phi) is 5.90. The van der Waals surface area contributed by atoms with Crippen molar-refractivity contribution in [2.75, 3.05) is 6.54 Å². The largest absolute Gasteiger partial charge is 0.326 e. The average molecular weight is 286 g/mol. The van der Waals surface area contributed by atoms with Gasteiger partial charge in [0.1, 0.15) is 5.82 Å². The van der Waals surface area contributed by atoms with Crippen LogP contribution in [0.1, 0.15) is 30.0 Å². The van der Waals surface area contributed by atoms with Crippen molar-refractivity contribution in [1.29, 1.82) is 0 Å². The maximum atomic E-state index is 13.5. The molecule has 112 valence electrons. The number of benzene rings is 2. The Morgan fingerprint density at radius 1 is 1.00 bits per heavy atom. The first-order valence-corrected chi connectivity index (χ1v) is 7.46. The third kappa shape index (κ3) is 4.66. The van der Waals surface area contributed by atoms with Crippen molar-refractivity contribution in [2.24, 2.45) is 5.73 Å². The maximum absolute atomic E-state index is 13.5. The molecule has 0 radical (unpaired) electrons. The highest BCUT2D eigenvalue weighted by Gasteiger charge is 2.10. The zero-order valence-electron chi connectivity index (χ0n) is 12.6. The van der Waals surface area contributed by atoms with Crippen LogP contribution in [0.3, 0.4) is 0 Å². The number of hydrogen-bond donors (Lipinski definition) is 1. The molecular weight excluding hydrogens is 263 g/mol. The Labute approximate surface area is 126 Å². The molecule has 2 aromatic carbocycles. The topological polar surface area (TPSA) is 29.3 Å². The van der Waals surface area contributed by atoms with Crippen LogP contribution in [0.4, 0.5) is 4.39 Å². The first-order valence-electron chi connectivity index (χ1n) is 7.46. The van der Waals surface area contributed by atoms with E-state index in [0.717, 1.165) is 37.2 Å². The van der Waals surface area contributed by atoms with Crippen molar-refractivity contribution in [2.45, 2.75) is 33.0 Å². The van der Waals surface area contributed by atoms with Gasteiger partial charge in [-0.05, 0) is 41.8 Å². The van der Waals surface area contributed by atoms with Crippen LogP contribution >= 0.6 is 0 Å². The molecule has 0 bridgehead atoms. The third-order valence-electron chi connectivity index (χ3n) is 3.57. The molecule has 0 heterocycles. The standard InChI is InChI=1S/C18H23FN2/c1-2-10-21(13-15-6-4-3-5-7-15)14-17-11-18(19)9-8-16(17)12-20/h3-9,11H,2,10,12-14,20H2,1H3. The van der Waals surface area contributed by atoms with Gasteiger partial charge in [-0.2, -0.15) is 0 Å². The van der Waals surface area contributed by atoms with Crippen LogP contribution in [0.25, 0.3) is 0 Å². The normalized spacial score (nSPS) is 11.0. The molecule has 2 nitrogen and oxygen atoms in total. The highest BCUT2D eigenvalue weighted by atomic mass is 19.1. The lowest BCUT2D eigenvalue weighted by molar-refractivity contribution is 0.256. The molecule has 0 aromatic heterocycles. The molecule has 0 aliphatic carbocycles. The lowest BCUT2D eigenvalue weighted by Crippen LogP contribution is -2.24. The number of nitrogens with zero attached hydrogens (tertiary/aromatic N) is 1. The van der Waals surface area contributed by atoms with Gasteiger partial charge in [0.05, 0.1) is 0 Å². The predicted octanol–water partition coefficient (Wildman–Crippen LogP) is 3.70. The van der Waals surface area contributed by atoms with Crippen molar-refractivity contribution in [3.8, 4) is 0 Å². The summed E-state index contributed by atoms with van der Waals surface area (Å²) < 4.78 is 13.5. The third-order valence-corrected chi connectivity index (χ3v) is 3.57. The summed E-state index contributed by atoms with van der Waals surface area (Å²) in [7, 11) is 0. The first-order chi connectivity index (χ1) is 10.2. The fraction of sp³-hybridized carbons (Fsp3) is 0.333. The molecule has 0 aliphatic heterocycles. The second-order valence-electron chi connectivity index (χ2n) is 5.31. The Morgan fingerprint density at radius 3 is 2.43 bits per heavy atom. The molecule has 0 spiro atoms. The molecular formula is C18H23FN2. The first kappa shape index (κ1) is 15.7. The Hall–Kier alpha value is -1.71. The van der Waals surface area contributed by atoms with Crippen LogP contribution in [-0.4, -0.2) is 11.4 Å². The number of rotatable bonds is 7. The van der Waals surface area contributed by atoms with E-state index in [1.165, 1.54) is 11.6 Å². The highest BCUT2D eigenvalue weighted by Crippen LogP contribution is 2.16. The SMILES string of the molecule is CCCN(Cc1ccccc1)Cc1cc(F)ccc1CN. The Balaban J connectivity index is 2.14. The monoisotopic (exact) mass is 286 g/mol. The number of halogens is 1. The molecule has 0 amide bonds. The molecule has 0 fully saturated rings. The zero-order chi connectivity index (χ0) is 15.1. The molecule has 0 atom stereocenters. The van der Waals surface area contributed by atoms with E-state index in [0.29, 0.717) is 6.54 Å². The Morgan fingerprint density at radius 2 is 1.76 bits per heavy atom. The van der Waals surface area contributed by atoms with Crippen molar-refractivity contribution < 1.29 is 4.39 Å². The van der Waals surface area contributed by atoms with Gasteiger partial charge in [0, 0.05) is 19.6 Å². The van der Waals surface area contributed by atoms with Gasteiger partial charge in [-0.3, -0.25) is 4.90 Å². The van der Waals surface area contributed by atoms with Gasteiger partial charge in [-0.25, -0.2) is 4.39 Å². The van der Waals surface area contributed by atoms with Crippen LogP contribution in [0.5, 0.6) is 0 Å². The van der Waals surface area contributed by atoms with E-state index in [1.807, 2.05) is 18.2 Å². The van der Waals surface area contributed by atoms with Gasteiger partial charge >= 0.3 is 0 Å². The number of hydrogen-bond acceptors (Lipinski definition) is 2. The minimum atomic E-state index is -0.196. The molecule has 2 aromatic rings. The number of nitrogens with two attached hydrogens (primary N) is 1. The average Bonchev–Trinajstić information content (AvgIpc) is 2.49. The van der Waals surface area contributed by atoms with E-state index in [1.54, 1.807) is 12.1 Å².